The van der Waals surface area contributed by atoms with Crippen LogP contribution in [0.25, 0.3) is 10.9 Å². The molecule has 2 aromatic rings. The van der Waals surface area contributed by atoms with Crippen LogP contribution >= 0.6 is 15.9 Å². The van der Waals surface area contributed by atoms with Crippen molar-refractivity contribution in [2.45, 2.75) is 45.2 Å². The molecule has 0 aliphatic heterocycles. The van der Waals surface area contributed by atoms with Gasteiger partial charge in [-0.1, -0.05) is 22.9 Å². The average molecular weight is 392 g/mol. The number of carbonyl (C=O) groups excluding carboxylic acids is 1. The van der Waals surface area contributed by atoms with Crippen LogP contribution in [-0.4, -0.2) is 33.4 Å². The van der Waals surface area contributed by atoms with Gasteiger partial charge in [0.1, 0.15) is 6.54 Å². The Bertz CT molecular complexity index is 810. The van der Waals surface area contributed by atoms with Crippen molar-refractivity contribution in [3.05, 3.63) is 39.4 Å². The van der Waals surface area contributed by atoms with E-state index in [1.54, 1.807) is 12.1 Å². The third-order valence-corrected chi connectivity index (χ3v) is 5.51. The summed E-state index contributed by atoms with van der Waals surface area (Å²) in [7, 11) is 1.85. The average Bonchev–Trinajstić information content (AvgIpc) is 2.58. The molecule has 1 aromatic heterocycles. The number of rotatable bonds is 3. The highest BCUT2D eigenvalue weighted by Gasteiger charge is 2.25. The summed E-state index contributed by atoms with van der Waals surface area (Å²) >= 11 is 3.37. The lowest BCUT2D eigenvalue weighted by Crippen LogP contribution is -2.42. The number of aromatic nitrogens is 2. The monoisotopic (exact) mass is 391 g/mol. The SMILES string of the molecule is CC1CCC(N(C)C(=O)Cn2cnc3ccc(Br)cc3c2=O)CC1. The van der Waals surface area contributed by atoms with Gasteiger partial charge in [0.15, 0.2) is 0 Å². The molecule has 0 unspecified atom stereocenters. The minimum Gasteiger partial charge on any atom is -0.341 e. The molecule has 0 spiro atoms. The van der Waals surface area contributed by atoms with Crippen LogP contribution in [0.3, 0.4) is 0 Å². The summed E-state index contributed by atoms with van der Waals surface area (Å²) in [5, 5.41) is 0.522. The topological polar surface area (TPSA) is 55.2 Å². The Balaban J connectivity index is 1.78. The molecular formula is C18H22BrN3O2. The van der Waals surface area contributed by atoms with Gasteiger partial charge in [-0.15, -0.1) is 0 Å². The van der Waals surface area contributed by atoms with E-state index in [0.717, 1.165) is 36.1 Å². The van der Waals surface area contributed by atoms with Crippen molar-refractivity contribution in [3.8, 4) is 0 Å². The lowest BCUT2D eigenvalue weighted by atomic mass is 9.87. The second-order valence-corrected chi connectivity index (χ2v) is 7.67. The van der Waals surface area contributed by atoms with E-state index in [9.17, 15) is 9.59 Å². The van der Waals surface area contributed by atoms with E-state index in [1.165, 1.54) is 10.9 Å². The Hall–Kier alpha value is -1.69. The molecule has 0 bridgehead atoms. The number of hydrogen-bond donors (Lipinski definition) is 0. The summed E-state index contributed by atoms with van der Waals surface area (Å²) in [5.74, 6) is 0.711. The van der Waals surface area contributed by atoms with E-state index in [-0.39, 0.29) is 24.1 Å². The second kappa shape index (κ2) is 7.05. The van der Waals surface area contributed by atoms with Crippen LogP contribution in [-0.2, 0) is 11.3 Å². The molecule has 1 amide bonds. The molecular weight excluding hydrogens is 370 g/mol. The molecule has 5 nitrogen and oxygen atoms in total. The van der Waals surface area contributed by atoms with E-state index in [1.807, 2.05) is 18.0 Å². The summed E-state index contributed by atoms with van der Waals surface area (Å²) in [6.45, 7) is 2.30. The first-order chi connectivity index (χ1) is 11.5. The van der Waals surface area contributed by atoms with Crippen molar-refractivity contribution in [3.63, 3.8) is 0 Å². The summed E-state index contributed by atoms with van der Waals surface area (Å²) < 4.78 is 2.23. The summed E-state index contributed by atoms with van der Waals surface area (Å²) in [4.78, 5) is 31.3. The van der Waals surface area contributed by atoms with Crippen LogP contribution < -0.4 is 5.56 Å². The standard InChI is InChI=1S/C18H22BrN3O2/c1-12-3-6-14(7-4-12)21(2)17(23)10-22-11-20-16-8-5-13(19)9-15(16)18(22)24/h5,8-9,11-12,14H,3-4,6-7,10H2,1-2H3. The predicted molar refractivity (Wildman–Crippen MR) is 97.9 cm³/mol. The van der Waals surface area contributed by atoms with Gasteiger partial charge in [0.05, 0.1) is 17.2 Å². The number of halogens is 1. The van der Waals surface area contributed by atoms with E-state index < -0.39 is 0 Å². The van der Waals surface area contributed by atoms with Gasteiger partial charge < -0.3 is 4.90 Å². The first-order valence-corrected chi connectivity index (χ1v) is 9.15. The second-order valence-electron chi connectivity index (χ2n) is 6.76. The lowest BCUT2D eigenvalue weighted by molar-refractivity contribution is -0.133. The number of amides is 1. The number of carbonyl (C=O) groups is 1. The molecule has 128 valence electrons. The molecule has 1 aliphatic rings. The molecule has 1 saturated carbocycles. The smallest absolute Gasteiger partial charge is 0.261 e. The molecule has 3 rings (SSSR count). The minimum atomic E-state index is -0.180. The molecule has 1 aromatic carbocycles. The van der Waals surface area contributed by atoms with E-state index in [4.69, 9.17) is 0 Å². The zero-order valence-corrected chi connectivity index (χ0v) is 15.6. The highest BCUT2D eigenvalue weighted by Crippen LogP contribution is 2.26. The molecule has 24 heavy (non-hydrogen) atoms. The third kappa shape index (κ3) is 3.53. The molecule has 1 heterocycles. The van der Waals surface area contributed by atoms with Gasteiger partial charge in [0, 0.05) is 17.6 Å². The first kappa shape index (κ1) is 17.1. The van der Waals surface area contributed by atoms with Gasteiger partial charge in [-0.3, -0.25) is 14.2 Å². The van der Waals surface area contributed by atoms with E-state index in [2.05, 4.69) is 27.8 Å². The van der Waals surface area contributed by atoms with E-state index in [0.29, 0.717) is 10.9 Å². The number of nitrogens with zero attached hydrogens (tertiary/aromatic N) is 3. The molecule has 1 fully saturated rings. The van der Waals surface area contributed by atoms with Gasteiger partial charge in [0.25, 0.3) is 5.56 Å². The zero-order valence-electron chi connectivity index (χ0n) is 14.0. The largest absolute Gasteiger partial charge is 0.341 e. The van der Waals surface area contributed by atoms with Crippen molar-refractivity contribution >= 4 is 32.7 Å². The van der Waals surface area contributed by atoms with Crippen molar-refractivity contribution in [1.82, 2.24) is 14.5 Å². The van der Waals surface area contributed by atoms with Crippen molar-refractivity contribution in [2.75, 3.05) is 7.05 Å². The van der Waals surface area contributed by atoms with Gasteiger partial charge in [-0.2, -0.15) is 0 Å². The Kier molecular flexibility index (Phi) is 5.04. The van der Waals surface area contributed by atoms with Crippen LogP contribution in [0.1, 0.15) is 32.6 Å². The Morgan fingerprint density at radius 3 is 2.75 bits per heavy atom. The first-order valence-electron chi connectivity index (χ1n) is 8.36. The highest BCUT2D eigenvalue weighted by atomic mass is 79.9. The molecule has 0 radical (unpaired) electrons. The Labute approximate surface area is 149 Å². The van der Waals surface area contributed by atoms with Crippen LogP contribution in [0.4, 0.5) is 0 Å². The van der Waals surface area contributed by atoms with Crippen LogP contribution in [0.2, 0.25) is 0 Å². The van der Waals surface area contributed by atoms with Gasteiger partial charge >= 0.3 is 0 Å². The van der Waals surface area contributed by atoms with Crippen LogP contribution in [0, 0.1) is 5.92 Å². The molecule has 6 heteroatoms. The van der Waals surface area contributed by atoms with Crippen molar-refractivity contribution in [1.29, 1.82) is 0 Å². The number of fused-ring (bicyclic) bond motifs is 1. The fourth-order valence-electron chi connectivity index (χ4n) is 3.33. The molecule has 0 atom stereocenters. The van der Waals surface area contributed by atoms with Crippen LogP contribution in [0.15, 0.2) is 33.8 Å². The minimum absolute atomic E-state index is 0.0344. The fraction of sp³-hybridized carbons (Fsp3) is 0.500. The Morgan fingerprint density at radius 2 is 2.04 bits per heavy atom. The maximum absolute atomic E-state index is 12.6. The predicted octanol–water partition coefficient (Wildman–Crippen LogP) is 3.20. The third-order valence-electron chi connectivity index (χ3n) is 5.02. The molecule has 1 aliphatic carbocycles. The van der Waals surface area contributed by atoms with E-state index >= 15 is 0 Å². The van der Waals surface area contributed by atoms with Crippen molar-refractivity contribution in [2.24, 2.45) is 5.92 Å². The zero-order chi connectivity index (χ0) is 17.3. The maximum Gasteiger partial charge on any atom is 0.261 e. The van der Waals surface area contributed by atoms with Gasteiger partial charge in [-0.05, 0) is 49.8 Å². The summed E-state index contributed by atoms with van der Waals surface area (Å²) in [6, 6.07) is 5.68. The quantitative estimate of drug-likeness (QED) is 0.806. The number of hydrogen-bond acceptors (Lipinski definition) is 3. The molecule has 0 N–H and O–H groups in total. The van der Waals surface area contributed by atoms with Crippen molar-refractivity contribution < 1.29 is 4.79 Å². The fourth-order valence-corrected chi connectivity index (χ4v) is 3.70. The summed E-state index contributed by atoms with van der Waals surface area (Å²) in [5.41, 5.74) is 0.460. The lowest BCUT2D eigenvalue weighted by Gasteiger charge is -2.33. The number of benzene rings is 1. The van der Waals surface area contributed by atoms with Gasteiger partial charge in [-0.25, -0.2) is 4.98 Å². The Morgan fingerprint density at radius 1 is 1.33 bits per heavy atom. The van der Waals surface area contributed by atoms with Crippen LogP contribution in [0.5, 0.6) is 0 Å². The normalized spacial score (nSPS) is 21.0. The van der Waals surface area contributed by atoms with Gasteiger partial charge in [0.2, 0.25) is 5.91 Å². The summed E-state index contributed by atoms with van der Waals surface area (Å²) in [6.07, 6.45) is 5.87. The highest BCUT2D eigenvalue weighted by molar-refractivity contribution is 9.10. The molecule has 0 saturated heterocycles. The maximum atomic E-state index is 12.6. The number of likely N-dealkylation sites (N-methyl/N-ethyl adjacent to an activating group) is 1.